The second kappa shape index (κ2) is 6.83. The number of hydrogen-bond acceptors (Lipinski definition) is 3. The van der Waals surface area contributed by atoms with Gasteiger partial charge in [-0.15, -0.1) is 0 Å². The molecule has 0 aliphatic carbocycles. The summed E-state index contributed by atoms with van der Waals surface area (Å²) in [5, 5.41) is 0. The fourth-order valence-corrected chi connectivity index (χ4v) is 2.44. The smallest absolute Gasteiger partial charge is 0.252 e. The summed E-state index contributed by atoms with van der Waals surface area (Å²) in [7, 11) is 0. The Labute approximate surface area is 135 Å². The van der Waals surface area contributed by atoms with Crippen LogP contribution in [0.3, 0.4) is 0 Å². The van der Waals surface area contributed by atoms with E-state index in [1.54, 1.807) is 0 Å². The van der Waals surface area contributed by atoms with Crippen molar-refractivity contribution >= 4 is 5.91 Å². The number of hydrogen-bond donors (Lipinski definition) is 1. The van der Waals surface area contributed by atoms with Crippen molar-refractivity contribution in [3.63, 3.8) is 0 Å². The Bertz CT molecular complexity index is 801. The zero-order valence-corrected chi connectivity index (χ0v) is 12.6. The molecule has 3 aromatic rings. The molecule has 1 heterocycles. The third-order valence-electron chi connectivity index (χ3n) is 3.63. The Morgan fingerprint density at radius 1 is 0.913 bits per heavy atom. The second-order valence-corrected chi connectivity index (χ2v) is 5.26. The van der Waals surface area contributed by atoms with E-state index in [0.29, 0.717) is 23.5 Å². The first-order chi connectivity index (χ1) is 11.2. The van der Waals surface area contributed by atoms with Crippen LogP contribution >= 0.6 is 0 Å². The molecule has 0 saturated carbocycles. The van der Waals surface area contributed by atoms with Gasteiger partial charge in [0.15, 0.2) is 0 Å². The number of amides is 1. The molecule has 0 bridgehead atoms. The zero-order chi connectivity index (χ0) is 16.1. The van der Waals surface area contributed by atoms with Gasteiger partial charge in [0, 0.05) is 18.2 Å². The van der Waals surface area contributed by atoms with Crippen LogP contribution in [-0.4, -0.2) is 15.9 Å². The van der Waals surface area contributed by atoms with Gasteiger partial charge in [0.05, 0.1) is 11.3 Å². The van der Waals surface area contributed by atoms with Crippen LogP contribution in [0.25, 0.3) is 11.3 Å². The van der Waals surface area contributed by atoms with Crippen LogP contribution in [0.5, 0.6) is 0 Å². The number of aromatic nitrogens is 2. The number of primary amides is 1. The quantitative estimate of drug-likeness (QED) is 0.787. The minimum atomic E-state index is -0.515. The van der Waals surface area contributed by atoms with Gasteiger partial charge >= 0.3 is 0 Å². The number of rotatable bonds is 5. The fraction of sp³-hybridized carbons (Fsp3) is 0.105. The lowest BCUT2D eigenvalue weighted by atomic mass is 10.1. The van der Waals surface area contributed by atoms with E-state index in [4.69, 9.17) is 5.73 Å². The van der Waals surface area contributed by atoms with Gasteiger partial charge in [-0.25, -0.2) is 9.97 Å². The molecule has 3 rings (SSSR count). The Morgan fingerprint density at radius 3 is 2.22 bits per heavy atom. The largest absolute Gasteiger partial charge is 0.365 e. The molecule has 0 spiro atoms. The summed E-state index contributed by atoms with van der Waals surface area (Å²) in [6.07, 6.45) is 3.09. The minimum Gasteiger partial charge on any atom is -0.365 e. The van der Waals surface area contributed by atoms with Crippen molar-refractivity contribution in [3.8, 4) is 11.3 Å². The lowest BCUT2D eigenvalue weighted by Crippen LogP contribution is -2.15. The number of aryl methyl sites for hydroxylation is 2. The Balaban J connectivity index is 1.90. The summed E-state index contributed by atoms with van der Waals surface area (Å²) >= 11 is 0. The Hall–Kier alpha value is -3.01. The molecule has 0 radical (unpaired) electrons. The van der Waals surface area contributed by atoms with Crippen LogP contribution < -0.4 is 5.73 Å². The van der Waals surface area contributed by atoms with Crippen molar-refractivity contribution in [3.05, 3.63) is 83.8 Å². The van der Waals surface area contributed by atoms with E-state index in [2.05, 4.69) is 22.1 Å². The highest BCUT2D eigenvalue weighted by Gasteiger charge is 2.13. The van der Waals surface area contributed by atoms with Crippen molar-refractivity contribution in [1.29, 1.82) is 0 Å². The molecule has 2 N–H and O–H groups in total. The first-order valence-corrected chi connectivity index (χ1v) is 7.49. The second-order valence-electron chi connectivity index (χ2n) is 5.26. The molecule has 0 unspecified atom stereocenters. The van der Waals surface area contributed by atoms with Gasteiger partial charge in [0.25, 0.3) is 5.91 Å². The number of benzene rings is 2. The van der Waals surface area contributed by atoms with E-state index >= 15 is 0 Å². The van der Waals surface area contributed by atoms with Crippen molar-refractivity contribution < 1.29 is 4.79 Å². The molecule has 114 valence electrons. The molecule has 0 aliphatic rings. The maximum absolute atomic E-state index is 11.6. The van der Waals surface area contributed by atoms with Crippen LogP contribution in [0.15, 0.2) is 66.9 Å². The van der Waals surface area contributed by atoms with Crippen LogP contribution in [0.1, 0.15) is 21.7 Å². The molecule has 2 aromatic carbocycles. The monoisotopic (exact) mass is 303 g/mol. The first-order valence-electron chi connectivity index (χ1n) is 7.49. The maximum Gasteiger partial charge on any atom is 0.252 e. The SMILES string of the molecule is NC(=O)c1cnc(CCc2ccccc2)nc1-c1ccccc1. The van der Waals surface area contributed by atoms with Crippen molar-refractivity contribution in [1.82, 2.24) is 9.97 Å². The Kier molecular flexibility index (Phi) is 4.43. The highest BCUT2D eigenvalue weighted by molar-refractivity contribution is 5.98. The molecule has 1 amide bonds. The topological polar surface area (TPSA) is 68.9 Å². The third-order valence-corrected chi connectivity index (χ3v) is 3.63. The van der Waals surface area contributed by atoms with Crippen LogP contribution in [0.2, 0.25) is 0 Å². The van der Waals surface area contributed by atoms with Crippen LogP contribution in [0, 0.1) is 0 Å². The van der Waals surface area contributed by atoms with Crippen molar-refractivity contribution in [2.75, 3.05) is 0 Å². The lowest BCUT2D eigenvalue weighted by molar-refractivity contribution is 0.1000. The minimum absolute atomic E-state index is 0.347. The molecule has 23 heavy (non-hydrogen) atoms. The lowest BCUT2D eigenvalue weighted by Gasteiger charge is -2.08. The Morgan fingerprint density at radius 2 is 1.57 bits per heavy atom. The van der Waals surface area contributed by atoms with E-state index in [0.717, 1.165) is 12.0 Å². The molecule has 0 fully saturated rings. The number of nitrogens with two attached hydrogens (primary N) is 1. The highest BCUT2D eigenvalue weighted by atomic mass is 16.1. The average molecular weight is 303 g/mol. The summed E-state index contributed by atoms with van der Waals surface area (Å²) < 4.78 is 0. The predicted molar refractivity (Wildman–Crippen MR) is 89.8 cm³/mol. The van der Waals surface area contributed by atoms with Gasteiger partial charge in [-0.3, -0.25) is 4.79 Å². The molecular weight excluding hydrogens is 286 g/mol. The van der Waals surface area contributed by atoms with Gasteiger partial charge in [-0.05, 0) is 12.0 Å². The van der Waals surface area contributed by atoms with Gasteiger partial charge < -0.3 is 5.73 Å². The number of nitrogens with zero attached hydrogens (tertiary/aromatic N) is 2. The van der Waals surface area contributed by atoms with E-state index in [1.165, 1.54) is 11.8 Å². The van der Waals surface area contributed by atoms with Crippen molar-refractivity contribution in [2.24, 2.45) is 5.73 Å². The molecule has 4 nitrogen and oxygen atoms in total. The summed E-state index contributed by atoms with van der Waals surface area (Å²) in [4.78, 5) is 20.5. The average Bonchev–Trinajstić information content (AvgIpc) is 2.61. The first kappa shape index (κ1) is 14.9. The van der Waals surface area contributed by atoms with Gasteiger partial charge in [0.2, 0.25) is 0 Å². The highest BCUT2D eigenvalue weighted by Crippen LogP contribution is 2.21. The maximum atomic E-state index is 11.6. The van der Waals surface area contributed by atoms with E-state index in [1.807, 2.05) is 48.5 Å². The zero-order valence-electron chi connectivity index (χ0n) is 12.6. The van der Waals surface area contributed by atoms with E-state index in [-0.39, 0.29) is 0 Å². The number of carbonyl (C=O) groups excluding carboxylic acids is 1. The molecule has 1 aromatic heterocycles. The summed E-state index contributed by atoms with van der Waals surface area (Å²) in [5.41, 5.74) is 8.49. The molecule has 0 saturated heterocycles. The van der Waals surface area contributed by atoms with Gasteiger partial charge in [-0.2, -0.15) is 0 Å². The van der Waals surface area contributed by atoms with E-state index < -0.39 is 5.91 Å². The molecule has 4 heteroatoms. The summed E-state index contributed by atoms with van der Waals surface area (Å²) in [6.45, 7) is 0. The summed E-state index contributed by atoms with van der Waals surface area (Å²) in [6, 6.07) is 19.7. The van der Waals surface area contributed by atoms with Gasteiger partial charge in [0.1, 0.15) is 5.82 Å². The normalized spacial score (nSPS) is 10.4. The molecular formula is C19H17N3O. The van der Waals surface area contributed by atoms with E-state index in [9.17, 15) is 4.79 Å². The van der Waals surface area contributed by atoms with Crippen molar-refractivity contribution in [2.45, 2.75) is 12.8 Å². The standard InChI is InChI=1S/C19H17N3O/c20-19(23)16-13-21-17(12-11-14-7-3-1-4-8-14)22-18(16)15-9-5-2-6-10-15/h1-10,13H,11-12H2,(H2,20,23). The third kappa shape index (κ3) is 3.61. The van der Waals surface area contributed by atoms with Crippen LogP contribution in [-0.2, 0) is 12.8 Å². The molecule has 0 aliphatic heterocycles. The van der Waals surface area contributed by atoms with Gasteiger partial charge in [-0.1, -0.05) is 60.7 Å². The van der Waals surface area contributed by atoms with Crippen LogP contribution in [0.4, 0.5) is 0 Å². The number of carbonyl (C=O) groups is 1. The summed E-state index contributed by atoms with van der Waals surface area (Å²) in [5.74, 6) is 0.191. The fourth-order valence-electron chi connectivity index (χ4n) is 2.44. The molecule has 0 atom stereocenters. The predicted octanol–water partition coefficient (Wildman–Crippen LogP) is 3.03.